The van der Waals surface area contributed by atoms with Gasteiger partial charge >= 0.3 is 6.03 Å². The van der Waals surface area contributed by atoms with Gasteiger partial charge in [0.05, 0.1) is 5.75 Å². The van der Waals surface area contributed by atoms with Crippen molar-refractivity contribution in [3.63, 3.8) is 0 Å². The molecule has 4 rings (SSSR count). The third kappa shape index (κ3) is 3.22. The van der Waals surface area contributed by atoms with E-state index < -0.39 is 16.1 Å². The number of amides is 2. The van der Waals surface area contributed by atoms with Crippen LogP contribution >= 0.6 is 0 Å². The number of carbonyl (C=O) groups excluding carboxylic acids is 1. The molecular weight excluding hydrogens is 350 g/mol. The van der Waals surface area contributed by atoms with E-state index in [1.54, 1.807) is 0 Å². The number of carbonyl (C=O) groups is 1. The van der Waals surface area contributed by atoms with Crippen LogP contribution in [-0.2, 0) is 35.7 Å². The molecule has 0 unspecified atom stereocenters. The van der Waals surface area contributed by atoms with Crippen LogP contribution < -0.4 is 10.0 Å². The maximum atomic E-state index is 12.5. The maximum absolute atomic E-state index is 12.5. The van der Waals surface area contributed by atoms with Crippen molar-refractivity contribution in [2.24, 2.45) is 0 Å². The number of anilines is 1. The lowest BCUT2D eigenvalue weighted by Crippen LogP contribution is -2.44. The van der Waals surface area contributed by atoms with E-state index >= 15 is 0 Å². The lowest BCUT2D eigenvalue weighted by atomic mass is 9.99. The van der Waals surface area contributed by atoms with Crippen molar-refractivity contribution >= 4 is 21.7 Å². The first kappa shape index (κ1) is 17.8. The highest BCUT2D eigenvalue weighted by Crippen LogP contribution is 2.41. The highest BCUT2D eigenvalue weighted by molar-refractivity contribution is 7.90. The molecule has 6 nitrogen and oxygen atoms in total. The van der Waals surface area contributed by atoms with Crippen LogP contribution in [0.4, 0.5) is 10.5 Å². The topological polar surface area (TPSA) is 78.5 Å². The first-order chi connectivity index (χ1) is 12.3. The number of hydrogen-bond acceptors (Lipinski definition) is 4. The number of benzene rings is 1. The van der Waals surface area contributed by atoms with E-state index in [-0.39, 0.29) is 11.3 Å². The monoisotopic (exact) mass is 377 g/mol. The molecule has 1 fully saturated rings. The van der Waals surface area contributed by atoms with Crippen LogP contribution in [0.25, 0.3) is 0 Å². The smallest absolute Gasteiger partial charge is 0.307 e. The molecule has 1 aromatic carbocycles. The summed E-state index contributed by atoms with van der Waals surface area (Å²) in [7, 11) is 0.103. The second-order valence-electron chi connectivity index (χ2n) is 8.17. The molecule has 0 aliphatic heterocycles. The minimum atomic E-state index is -3.67. The molecule has 3 aliphatic carbocycles. The zero-order valence-electron chi connectivity index (χ0n) is 15.5. The van der Waals surface area contributed by atoms with Gasteiger partial charge in [-0.25, -0.2) is 17.9 Å². The number of urea groups is 1. The Morgan fingerprint density at radius 3 is 2.15 bits per heavy atom. The average Bonchev–Trinajstić information content (AvgIpc) is 2.96. The minimum absolute atomic E-state index is 0.0363. The Morgan fingerprint density at radius 2 is 1.65 bits per heavy atom. The molecule has 0 aromatic heterocycles. The first-order valence-corrected chi connectivity index (χ1v) is 11.1. The van der Waals surface area contributed by atoms with Crippen LogP contribution in [0, 0.1) is 0 Å². The zero-order valence-corrected chi connectivity index (χ0v) is 16.3. The van der Waals surface area contributed by atoms with Crippen LogP contribution in [0.15, 0.2) is 6.07 Å². The standard InChI is InChI=1S/C19H27N3O3S/c1-22(2)19(9-10-19)12-26(24,25)21-18(23)20-17-15-7-3-5-13(15)11-14-6-4-8-16(14)17/h11H,3-10,12H2,1-2H3,(H2,20,21,23). The van der Waals surface area contributed by atoms with E-state index in [0.717, 1.165) is 57.1 Å². The summed E-state index contributed by atoms with van der Waals surface area (Å²) >= 11 is 0. The summed E-state index contributed by atoms with van der Waals surface area (Å²) in [5.74, 6) is -0.0363. The first-order valence-electron chi connectivity index (χ1n) is 9.45. The van der Waals surface area contributed by atoms with Crippen molar-refractivity contribution in [1.82, 2.24) is 9.62 Å². The quantitative estimate of drug-likeness (QED) is 0.825. The zero-order chi connectivity index (χ0) is 18.5. The van der Waals surface area contributed by atoms with Crippen molar-refractivity contribution in [2.45, 2.75) is 56.9 Å². The summed E-state index contributed by atoms with van der Waals surface area (Å²) in [6.45, 7) is 0. The normalized spacial score (nSPS) is 20.0. The van der Waals surface area contributed by atoms with E-state index in [4.69, 9.17) is 0 Å². The van der Waals surface area contributed by atoms with E-state index in [9.17, 15) is 13.2 Å². The summed E-state index contributed by atoms with van der Waals surface area (Å²) in [6.07, 6.45) is 7.88. The third-order valence-corrected chi connectivity index (χ3v) is 7.61. The van der Waals surface area contributed by atoms with E-state index in [1.165, 1.54) is 22.3 Å². The summed E-state index contributed by atoms with van der Waals surface area (Å²) in [5, 5.41) is 2.89. The lowest BCUT2D eigenvalue weighted by Gasteiger charge is -2.23. The maximum Gasteiger partial charge on any atom is 0.332 e. The minimum Gasteiger partial charge on any atom is -0.307 e. The molecule has 3 aliphatic rings. The van der Waals surface area contributed by atoms with Gasteiger partial charge in [0.15, 0.2) is 0 Å². The van der Waals surface area contributed by atoms with Gasteiger partial charge in [0, 0.05) is 11.2 Å². The Labute approximate surface area is 155 Å². The summed E-state index contributed by atoms with van der Waals surface area (Å²) in [6, 6.07) is 1.66. The van der Waals surface area contributed by atoms with Crippen LogP contribution in [-0.4, -0.2) is 44.7 Å². The van der Waals surface area contributed by atoms with Gasteiger partial charge in [-0.15, -0.1) is 0 Å². The Bertz CT molecular complexity index is 825. The van der Waals surface area contributed by atoms with Crippen molar-refractivity contribution in [2.75, 3.05) is 25.2 Å². The van der Waals surface area contributed by atoms with Crippen molar-refractivity contribution in [3.05, 3.63) is 28.3 Å². The predicted octanol–water partition coefficient (Wildman–Crippen LogP) is 2.21. The molecular formula is C19H27N3O3S. The number of aryl methyl sites for hydroxylation is 2. The highest BCUT2D eigenvalue weighted by Gasteiger charge is 2.48. The summed E-state index contributed by atoms with van der Waals surface area (Å²) in [4.78, 5) is 14.4. The van der Waals surface area contributed by atoms with Gasteiger partial charge in [-0.3, -0.25) is 0 Å². The van der Waals surface area contributed by atoms with Crippen LogP contribution in [0.2, 0.25) is 0 Å². The molecule has 1 aromatic rings. The van der Waals surface area contributed by atoms with Crippen molar-refractivity contribution < 1.29 is 13.2 Å². The number of fused-ring (bicyclic) bond motifs is 2. The Hall–Kier alpha value is -1.60. The highest BCUT2D eigenvalue weighted by atomic mass is 32.2. The van der Waals surface area contributed by atoms with Crippen LogP contribution in [0.3, 0.4) is 0 Å². The predicted molar refractivity (Wildman–Crippen MR) is 102 cm³/mol. The van der Waals surface area contributed by atoms with E-state index in [1.807, 2.05) is 19.0 Å². The van der Waals surface area contributed by atoms with Gasteiger partial charge in [0.25, 0.3) is 0 Å². The second kappa shape index (κ2) is 6.23. The Balaban J connectivity index is 1.51. The van der Waals surface area contributed by atoms with Gasteiger partial charge in [0.2, 0.25) is 10.0 Å². The Kier molecular flexibility index (Phi) is 4.27. The van der Waals surface area contributed by atoms with Crippen LogP contribution in [0.1, 0.15) is 47.9 Å². The fourth-order valence-corrected chi connectivity index (χ4v) is 6.16. The van der Waals surface area contributed by atoms with E-state index in [2.05, 4.69) is 16.1 Å². The second-order valence-corrected chi connectivity index (χ2v) is 9.89. The summed E-state index contributed by atoms with van der Waals surface area (Å²) in [5.41, 5.74) is 5.58. The molecule has 26 heavy (non-hydrogen) atoms. The van der Waals surface area contributed by atoms with Gasteiger partial charge < -0.3 is 10.2 Å². The van der Waals surface area contributed by atoms with Gasteiger partial charge in [0.1, 0.15) is 0 Å². The van der Waals surface area contributed by atoms with Gasteiger partial charge in [-0.05, 0) is 87.7 Å². The molecule has 0 atom stereocenters. The van der Waals surface area contributed by atoms with Crippen molar-refractivity contribution in [1.29, 1.82) is 0 Å². The molecule has 2 N–H and O–H groups in total. The molecule has 1 saturated carbocycles. The molecule has 0 spiro atoms. The third-order valence-electron chi connectivity index (χ3n) is 6.19. The van der Waals surface area contributed by atoms with Crippen molar-refractivity contribution in [3.8, 4) is 0 Å². The number of rotatable bonds is 5. The molecule has 0 saturated heterocycles. The number of nitrogens with one attached hydrogen (secondary N) is 2. The molecule has 142 valence electrons. The molecule has 2 amide bonds. The Morgan fingerprint density at radius 1 is 1.08 bits per heavy atom. The SMILES string of the molecule is CN(C)C1(CS(=O)(=O)NC(=O)Nc2c3c(cc4c2CCC4)CCC3)CC1. The molecule has 0 radical (unpaired) electrons. The van der Waals surface area contributed by atoms with E-state index in [0.29, 0.717) is 0 Å². The molecule has 7 heteroatoms. The number of hydrogen-bond donors (Lipinski definition) is 2. The van der Waals surface area contributed by atoms with Gasteiger partial charge in [-0.2, -0.15) is 0 Å². The largest absolute Gasteiger partial charge is 0.332 e. The summed E-state index contributed by atoms with van der Waals surface area (Å²) < 4.78 is 27.2. The fourth-order valence-electron chi connectivity index (χ4n) is 4.50. The number of sulfonamides is 1. The molecule has 0 heterocycles. The lowest BCUT2D eigenvalue weighted by molar-refractivity contribution is 0.256. The van der Waals surface area contributed by atoms with Crippen LogP contribution in [0.5, 0.6) is 0 Å². The number of nitrogens with zero attached hydrogens (tertiary/aromatic N) is 1. The fraction of sp³-hybridized carbons (Fsp3) is 0.632. The average molecular weight is 378 g/mol. The van der Waals surface area contributed by atoms with Gasteiger partial charge in [-0.1, -0.05) is 6.07 Å². The molecule has 0 bridgehead atoms.